The highest BCUT2D eigenvalue weighted by Gasteiger charge is 2.40. The van der Waals surface area contributed by atoms with Crippen LogP contribution < -0.4 is 16.5 Å². The Labute approximate surface area is 142 Å². The Morgan fingerprint density at radius 2 is 1.88 bits per heavy atom. The van der Waals surface area contributed by atoms with Gasteiger partial charge in [-0.05, 0) is 23.3 Å². The minimum atomic E-state index is -4.46. The molecular weight excluding hydrogens is 335 g/mol. The molecule has 134 valence electrons. The molecule has 0 saturated carbocycles. The number of anilines is 2. The average molecular weight is 353 g/mol. The highest BCUT2D eigenvalue weighted by molar-refractivity contribution is 5.59. The van der Waals surface area contributed by atoms with Crippen molar-refractivity contribution in [3.63, 3.8) is 0 Å². The Morgan fingerprint density at radius 3 is 2.48 bits per heavy atom. The van der Waals surface area contributed by atoms with Crippen molar-refractivity contribution in [3.8, 4) is 0 Å². The number of hydroxylamine groups is 1. The van der Waals surface area contributed by atoms with Crippen LogP contribution in [0.4, 0.5) is 24.5 Å². The predicted octanol–water partition coefficient (Wildman–Crippen LogP) is 3.20. The number of hydrogen-bond donors (Lipinski definition) is 3. The number of carbonyl (C=O) groups excluding carboxylic acids is 1. The molecule has 0 aliphatic rings. The van der Waals surface area contributed by atoms with Gasteiger partial charge in [0.1, 0.15) is 6.04 Å². The zero-order valence-electron chi connectivity index (χ0n) is 13.2. The van der Waals surface area contributed by atoms with Crippen molar-refractivity contribution in [1.82, 2.24) is 5.48 Å². The Balaban J connectivity index is 2.12. The van der Waals surface area contributed by atoms with Gasteiger partial charge in [-0.25, -0.2) is 5.48 Å². The van der Waals surface area contributed by atoms with Crippen molar-refractivity contribution in [1.29, 1.82) is 0 Å². The van der Waals surface area contributed by atoms with Gasteiger partial charge in [0.2, 0.25) is 6.41 Å². The second-order valence-electron chi connectivity index (χ2n) is 5.28. The number of nitrogens with two attached hydrogens (primary N) is 1. The molecule has 0 radical (unpaired) electrons. The summed E-state index contributed by atoms with van der Waals surface area (Å²) in [6.07, 6.45) is -3.64. The number of carbonyl (C=O) groups is 1. The van der Waals surface area contributed by atoms with Crippen LogP contribution in [0.5, 0.6) is 0 Å². The normalized spacial score (nSPS) is 12.4. The summed E-state index contributed by atoms with van der Waals surface area (Å²) in [5.41, 5.74) is 9.38. The molecule has 0 bridgehead atoms. The summed E-state index contributed by atoms with van der Waals surface area (Å²) in [7, 11) is 0. The van der Waals surface area contributed by atoms with E-state index in [1.54, 1.807) is 24.3 Å². The van der Waals surface area contributed by atoms with Crippen molar-refractivity contribution < 1.29 is 22.8 Å². The van der Waals surface area contributed by atoms with Crippen LogP contribution in [0.15, 0.2) is 48.5 Å². The van der Waals surface area contributed by atoms with Crippen LogP contribution in [0.1, 0.15) is 17.2 Å². The Morgan fingerprint density at radius 1 is 1.16 bits per heavy atom. The first-order valence-corrected chi connectivity index (χ1v) is 7.49. The number of benzene rings is 2. The minimum Gasteiger partial charge on any atom is -0.398 e. The Bertz CT molecular complexity index is 693. The van der Waals surface area contributed by atoms with Crippen LogP contribution in [-0.4, -0.2) is 19.2 Å². The number of nitrogen functional groups attached to an aromatic ring is 1. The van der Waals surface area contributed by atoms with E-state index in [0.717, 1.165) is 0 Å². The lowest BCUT2D eigenvalue weighted by molar-refractivity contribution is -0.144. The van der Waals surface area contributed by atoms with E-state index in [1.165, 1.54) is 24.3 Å². The Kier molecular flexibility index (Phi) is 6.24. The molecule has 0 fully saturated rings. The van der Waals surface area contributed by atoms with Gasteiger partial charge in [-0.15, -0.1) is 0 Å². The maximum absolute atomic E-state index is 13.4. The van der Waals surface area contributed by atoms with Crippen molar-refractivity contribution in [2.45, 2.75) is 18.6 Å². The second-order valence-corrected chi connectivity index (χ2v) is 5.28. The quantitative estimate of drug-likeness (QED) is 0.295. The van der Waals surface area contributed by atoms with Gasteiger partial charge in [0.15, 0.2) is 0 Å². The molecule has 1 amide bonds. The molecule has 0 spiro atoms. The SMILES string of the molecule is Nc1cc(NC(c2ccccc2)C(F)(F)F)ccc1CCONC=O. The molecule has 0 aliphatic heterocycles. The molecule has 0 saturated heterocycles. The van der Waals surface area contributed by atoms with Gasteiger partial charge in [0, 0.05) is 17.8 Å². The van der Waals surface area contributed by atoms with Gasteiger partial charge >= 0.3 is 6.18 Å². The molecule has 2 rings (SSSR count). The summed E-state index contributed by atoms with van der Waals surface area (Å²) in [6.45, 7) is 0.199. The van der Waals surface area contributed by atoms with E-state index in [0.29, 0.717) is 24.1 Å². The van der Waals surface area contributed by atoms with Crippen molar-refractivity contribution in [3.05, 3.63) is 59.7 Å². The van der Waals surface area contributed by atoms with Gasteiger partial charge in [0.25, 0.3) is 0 Å². The van der Waals surface area contributed by atoms with E-state index >= 15 is 0 Å². The maximum Gasteiger partial charge on any atom is 0.412 e. The van der Waals surface area contributed by atoms with E-state index < -0.39 is 12.2 Å². The third-order valence-electron chi connectivity index (χ3n) is 3.52. The summed E-state index contributed by atoms with van der Waals surface area (Å²) in [5.74, 6) is 0. The standard InChI is InChI=1S/C17H18F3N3O2/c18-17(19,20)16(13-4-2-1-3-5-13)23-14-7-6-12(15(21)10-14)8-9-25-22-11-24/h1-7,10-11,16,23H,8-9,21H2,(H,22,24). The third-order valence-corrected chi connectivity index (χ3v) is 3.52. The smallest absolute Gasteiger partial charge is 0.398 e. The van der Waals surface area contributed by atoms with Gasteiger partial charge in [0.05, 0.1) is 6.61 Å². The lowest BCUT2D eigenvalue weighted by Crippen LogP contribution is -2.27. The highest BCUT2D eigenvalue weighted by Crippen LogP contribution is 2.36. The first kappa shape index (κ1) is 18.6. The second kappa shape index (κ2) is 8.39. The van der Waals surface area contributed by atoms with E-state index in [1.807, 2.05) is 0 Å². The maximum atomic E-state index is 13.4. The van der Waals surface area contributed by atoms with Crippen LogP contribution in [0.25, 0.3) is 0 Å². The first-order chi connectivity index (χ1) is 11.9. The monoisotopic (exact) mass is 353 g/mol. The van der Waals surface area contributed by atoms with Crippen LogP contribution in [0, 0.1) is 0 Å². The van der Waals surface area contributed by atoms with Gasteiger partial charge in [-0.3, -0.25) is 9.63 Å². The zero-order valence-corrected chi connectivity index (χ0v) is 13.2. The van der Waals surface area contributed by atoms with Gasteiger partial charge < -0.3 is 11.1 Å². The molecule has 1 atom stereocenters. The number of amides is 1. The van der Waals surface area contributed by atoms with Crippen LogP contribution in [0.2, 0.25) is 0 Å². The molecular formula is C17H18F3N3O2. The van der Waals surface area contributed by atoms with Crippen LogP contribution in [0.3, 0.4) is 0 Å². The number of alkyl halides is 3. The lowest BCUT2D eigenvalue weighted by Gasteiger charge is -2.23. The molecule has 4 N–H and O–H groups in total. The predicted molar refractivity (Wildman–Crippen MR) is 88.6 cm³/mol. The largest absolute Gasteiger partial charge is 0.412 e. The average Bonchev–Trinajstić information content (AvgIpc) is 2.58. The number of halogens is 3. The molecule has 0 aromatic heterocycles. The summed E-state index contributed by atoms with van der Waals surface area (Å²) in [4.78, 5) is 14.9. The summed E-state index contributed by atoms with van der Waals surface area (Å²) in [5, 5.41) is 2.48. The van der Waals surface area contributed by atoms with E-state index in [4.69, 9.17) is 10.6 Å². The molecule has 8 heteroatoms. The molecule has 25 heavy (non-hydrogen) atoms. The van der Waals surface area contributed by atoms with Crippen molar-refractivity contribution >= 4 is 17.8 Å². The molecule has 0 aliphatic carbocycles. The zero-order chi connectivity index (χ0) is 18.3. The third kappa shape index (κ3) is 5.39. The molecule has 2 aromatic carbocycles. The fourth-order valence-corrected chi connectivity index (χ4v) is 2.33. The van der Waals surface area contributed by atoms with Crippen LogP contribution >= 0.6 is 0 Å². The summed E-state index contributed by atoms with van der Waals surface area (Å²) < 4.78 is 40.1. The fourth-order valence-electron chi connectivity index (χ4n) is 2.33. The fraction of sp³-hybridized carbons (Fsp3) is 0.235. The van der Waals surface area contributed by atoms with Gasteiger partial charge in [-0.2, -0.15) is 13.2 Å². The molecule has 2 aromatic rings. The van der Waals surface area contributed by atoms with Gasteiger partial charge in [-0.1, -0.05) is 36.4 Å². The van der Waals surface area contributed by atoms with E-state index in [2.05, 4.69) is 10.8 Å². The Hall–Kier alpha value is -2.74. The minimum absolute atomic E-state index is 0.117. The highest BCUT2D eigenvalue weighted by atomic mass is 19.4. The molecule has 0 heterocycles. The molecule has 5 nitrogen and oxygen atoms in total. The summed E-state index contributed by atoms with van der Waals surface area (Å²) in [6, 6.07) is 10.4. The van der Waals surface area contributed by atoms with E-state index in [-0.39, 0.29) is 17.9 Å². The van der Waals surface area contributed by atoms with E-state index in [9.17, 15) is 18.0 Å². The number of rotatable bonds is 8. The first-order valence-electron chi connectivity index (χ1n) is 7.49. The van der Waals surface area contributed by atoms with Crippen LogP contribution in [-0.2, 0) is 16.1 Å². The number of nitrogens with one attached hydrogen (secondary N) is 2. The van der Waals surface area contributed by atoms with Crippen molar-refractivity contribution in [2.75, 3.05) is 17.7 Å². The topological polar surface area (TPSA) is 76.4 Å². The summed E-state index contributed by atoms with van der Waals surface area (Å²) >= 11 is 0. The molecule has 1 unspecified atom stereocenters. The number of hydrogen-bond acceptors (Lipinski definition) is 4. The lowest BCUT2D eigenvalue weighted by atomic mass is 10.0. The van der Waals surface area contributed by atoms with Crippen molar-refractivity contribution in [2.24, 2.45) is 0 Å².